The van der Waals surface area contributed by atoms with Gasteiger partial charge in [-0.2, -0.15) is 4.68 Å². The number of imidazole rings is 1. The summed E-state index contributed by atoms with van der Waals surface area (Å²) in [6.45, 7) is 5.83. The molecule has 31 heavy (non-hydrogen) atoms. The molecule has 4 rings (SSSR count). The minimum absolute atomic E-state index is 0.0656. The Morgan fingerprint density at radius 2 is 2.03 bits per heavy atom. The van der Waals surface area contributed by atoms with Crippen LogP contribution in [-0.2, 0) is 4.79 Å². The standard InChI is InChI=1S/C21H20FN7OS/c1-13-5-4-6-19(14(13)2)28-10-9-23-21(28)31-12-20(30)24-18-11-16(7-8-17(18)22)29-15(3)25-26-27-29/h4-11H,12H2,1-3H3,(H,24,30). The lowest BCUT2D eigenvalue weighted by atomic mass is 10.1. The average Bonchev–Trinajstić information content (AvgIpc) is 3.39. The molecule has 0 aliphatic heterocycles. The van der Waals surface area contributed by atoms with Crippen LogP contribution in [0.3, 0.4) is 0 Å². The summed E-state index contributed by atoms with van der Waals surface area (Å²) in [7, 11) is 0. The van der Waals surface area contributed by atoms with Crippen molar-refractivity contribution < 1.29 is 9.18 Å². The largest absolute Gasteiger partial charge is 0.323 e. The number of aryl methyl sites for hydroxylation is 2. The van der Waals surface area contributed by atoms with Crippen molar-refractivity contribution in [2.45, 2.75) is 25.9 Å². The molecule has 0 saturated carbocycles. The summed E-state index contributed by atoms with van der Waals surface area (Å²) in [5.74, 6) is -0.248. The van der Waals surface area contributed by atoms with E-state index in [2.05, 4.69) is 38.8 Å². The Hall–Kier alpha value is -3.53. The highest BCUT2D eigenvalue weighted by atomic mass is 32.2. The quantitative estimate of drug-likeness (QED) is 0.463. The summed E-state index contributed by atoms with van der Waals surface area (Å²) in [5.41, 5.74) is 3.95. The number of anilines is 1. The maximum absolute atomic E-state index is 14.3. The number of nitrogens with one attached hydrogen (secondary N) is 1. The second-order valence-corrected chi connectivity index (χ2v) is 7.88. The van der Waals surface area contributed by atoms with E-state index in [0.717, 1.165) is 11.3 Å². The average molecular weight is 438 g/mol. The van der Waals surface area contributed by atoms with E-state index in [1.54, 1.807) is 19.2 Å². The van der Waals surface area contributed by atoms with E-state index < -0.39 is 5.82 Å². The van der Waals surface area contributed by atoms with Crippen molar-refractivity contribution in [2.75, 3.05) is 11.1 Å². The van der Waals surface area contributed by atoms with Gasteiger partial charge >= 0.3 is 0 Å². The Labute approximate surface area is 182 Å². The summed E-state index contributed by atoms with van der Waals surface area (Å²) < 4.78 is 17.7. The van der Waals surface area contributed by atoms with Crippen LogP contribution < -0.4 is 5.32 Å². The van der Waals surface area contributed by atoms with Gasteiger partial charge < -0.3 is 5.32 Å². The van der Waals surface area contributed by atoms with Gasteiger partial charge in [0.2, 0.25) is 5.91 Å². The fraction of sp³-hybridized carbons (Fsp3) is 0.190. The highest BCUT2D eigenvalue weighted by Crippen LogP contribution is 2.25. The molecule has 0 fully saturated rings. The number of amides is 1. The highest BCUT2D eigenvalue weighted by molar-refractivity contribution is 7.99. The molecular formula is C21H20FN7OS. The normalized spacial score (nSPS) is 11.0. The molecular weight excluding hydrogens is 417 g/mol. The van der Waals surface area contributed by atoms with Crippen molar-refractivity contribution in [3.63, 3.8) is 0 Å². The molecule has 2 aromatic carbocycles. The first-order valence-electron chi connectivity index (χ1n) is 9.51. The Morgan fingerprint density at radius 3 is 2.81 bits per heavy atom. The van der Waals surface area contributed by atoms with Crippen LogP contribution in [0.15, 0.2) is 53.9 Å². The number of hydrogen-bond donors (Lipinski definition) is 1. The summed E-state index contributed by atoms with van der Waals surface area (Å²) in [6.07, 6.45) is 3.55. The zero-order valence-electron chi connectivity index (χ0n) is 17.2. The molecule has 158 valence electrons. The minimum atomic E-state index is -0.537. The summed E-state index contributed by atoms with van der Waals surface area (Å²) in [5, 5.41) is 14.6. The third-order valence-corrected chi connectivity index (χ3v) is 5.84. The van der Waals surface area contributed by atoms with Gasteiger partial charge in [0.05, 0.1) is 22.8 Å². The molecule has 0 atom stereocenters. The van der Waals surface area contributed by atoms with Gasteiger partial charge in [-0.3, -0.25) is 9.36 Å². The Kier molecular flexibility index (Phi) is 5.81. The van der Waals surface area contributed by atoms with E-state index >= 15 is 0 Å². The lowest BCUT2D eigenvalue weighted by molar-refractivity contribution is -0.113. The van der Waals surface area contributed by atoms with Gasteiger partial charge in [-0.25, -0.2) is 9.37 Å². The molecule has 0 radical (unpaired) electrons. The Bertz CT molecular complexity index is 1250. The predicted octanol–water partition coefficient (Wildman–Crippen LogP) is 3.64. The topological polar surface area (TPSA) is 90.5 Å². The number of halogens is 1. The molecule has 4 aromatic rings. The van der Waals surface area contributed by atoms with E-state index in [1.165, 1.54) is 34.1 Å². The monoisotopic (exact) mass is 437 g/mol. The Morgan fingerprint density at radius 1 is 1.19 bits per heavy atom. The van der Waals surface area contributed by atoms with Gasteiger partial charge in [-0.05, 0) is 66.6 Å². The van der Waals surface area contributed by atoms with Crippen molar-refractivity contribution in [1.82, 2.24) is 29.8 Å². The fourth-order valence-corrected chi connectivity index (χ4v) is 3.87. The second-order valence-electron chi connectivity index (χ2n) is 6.94. The third kappa shape index (κ3) is 4.33. The van der Waals surface area contributed by atoms with Crippen molar-refractivity contribution in [3.05, 3.63) is 71.6 Å². The highest BCUT2D eigenvalue weighted by Gasteiger charge is 2.14. The number of tetrazole rings is 1. The van der Waals surface area contributed by atoms with Gasteiger partial charge in [0.1, 0.15) is 5.82 Å². The lowest BCUT2D eigenvalue weighted by Crippen LogP contribution is -2.16. The first-order valence-corrected chi connectivity index (χ1v) is 10.5. The first kappa shape index (κ1) is 20.7. The van der Waals surface area contributed by atoms with E-state index in [9.17, 15) is 9.18 Å². The van der Waals surface area contributed by atoms with Crippen molar-refractivity contribution in [3.8, 4) is 11.4 Å². The molecule has 0 bridgehead atoms. The molecule has 0 aliphatic carbocycles. The van der Waals surface area contributed by atoms with Crippen molar-refractivity contribution in [1.29, 1.82) is 0 Å². The van der Waals surface area contributed by atoms with Gasteiger partial charge in [0.15, 0.2) is 11.0 Å². The van der Waals surface area contributed by atoms with Crippen LogP contribution in [0.5, 0.6) is 0 Å². The predicted molar refractivity (Wildman–Crippen MR) is 116 cm³/mol. The number of hydrogen-bond acceptors (Lipinski definition) is 6. The number of nitrogens with zero attached hydrogens (tertiary/aromatic N) is 6. The lowest BCUT2D eigenvalue weighted by Gasteiger charge is -2.12. The van der Waals surface area contributed by atoms with Crippen LogP contribution in [0.1, 0.15) is 17.0 Å². The van der Waals surface area contributed by atoms with E-state index in [-0.39, 0.29) is 17.3 Å². The van der Waals surface area contributed by atoms with Crippen LogP contribution >= 0.6 is 11.8 Å². The molecule has 1 N–H and O–H groups in total. The molecule has 8 nitrogen and oxygen atoms in total. The third-order valence-electron chi connectivity index (χ3n) is 4.87. The Balaban J connectivity index is 1.47. The number of rotatable bonds is 6. The van der Waals surface area contributed by atoms with E-state index in [4.69, 9.17) is 0 Å². The summed E-state index contributed by atoms with van der Waals surface area (Å²) in [6, 6.07) is 10.4. The second kappa shape index (κ2) is 8.68. The number of thioether (sulfide) groups is 1. The van der Waals surface area contributed by atoms with Gasteiger partial charge in [0, 0.05) is 12.4 Å². The van der Waals surface area contributed by atoms with Crippen LogP contribution in [-0.4, -0.2) is 41.4 Å². The molecule has 2 aromatic heterocycles. The van der Waals surface area contributed by atoms with Gasteiger partial charge in [0.25, 0.3) is 0 Å². The fourth-order valence-electron chi connectivity index (χ4n) is 3.10. The zero-order chi connectivity index (χ0) is 22.0. The molecule has 0 spiro atoms. The van der Waals surface area contributed by atoms with Crippen molar-refractivity contribution >= 4 is 23.4 Å². The first-order chi connectivity index (χ1) is 14.9. The van der Waals surface area contributed by atoms with Crippen LogP contribution in [0, 0.1) is 26.6 Å². The summed E-state index contributed by atoms with van der Waals surface area (Å²) >= 11 is 1.28. The van der Waals surface area contributed by atoms with Crippen LogP contribution in [0.25, 0.3) is 11.4 Å². The molecule has 1 amide bonds. The maximum Gasteiger partial charge on any atom is 0.234 e. The number of carbonyl (C=O) groups is 1. The van der Waals surface area contributed by atoms with Gasteiger partial charge in [-0.1, -0.05) is 23.9 Å². The molecule has 2 heterocycles. The minimum Gasteiger partial charge on any atom is -0.323 e. The molecule has 0 aliphatic rings. The maximum atomic E-state index is 14.3. The SMILES string of the molecule is Cc1cccc(-n2ccnc2SCC(=O)Nc2cc(-n3nnnc3C)ccc2F)c1C. The molecule has 0 unspecified atom stereocenters. The summed E-state index contributed by atoms with van der Waals surface area (Å²) in [4.78, 5) is 16.9. The number of benzene rings is 2. The zero-order valence-corrected chi connectivity index (χ0v) is 18.0. The van der Waals surface area contributed by atoms with Crippen LogP contribution in [0.2, 0.25) is 0 Å². The number of aromatic nitrogens is 6. The van der Waals surface area contributed by atoms with Gasteiger partial charge in [-0.15, -0.1) is 5.10 Å². The van der Waals surface area contributed by atoms with Crippen molar-refractivity contribution in [2.24, 2.45) is 0 Å². The molecule has 0 saturated heterocycles. The smallest absolute Gasteiger partial charge is 0.234 e. The van der Waals surface area contributed by atoms with Crippen LogP contribution in [0.4, 0.5) is 10.1 Å². The van der Waals surface area contributed by atoms with E-state index in [1.807, 2.05) is 29.8 Å². The van der Waals surface area contributed by atoms with E-state index in [0.29, 0.717) is 16.7 Å². The molecule has 10 heteroatoms. The number of carbonyl (C=O) groups excluding carboxylic acids is 1.